The molecule has 0 aliphatic carbocycles. The SMILES string of the molecule is COc1ccc(NC(=O)c2ccc(NCc3noc(-c4cccs4)n3)cc2)cc1. The predicted octanol–water partition coefficient (Wildman–Crippen LogP) is 4.67. The lowest BCUT2D eigenvalue weighted by atomic mass is 10.2. The smallest absolute Gasteiger partial charge is 0.268 e. The summed E-state index contributed by atoms with van der Waals surface area (Å²) >= 11 is 1.55. The molecule has 8 heteroatoms. The molecule has 146 valence electrons. The number of amides is 1. The number of carbonyl (C=O) groups excluding carboxylic acids is 1. The minimum atomic E-state index is -0.180. The molecule has 0 fully saturated rings. The van der Waals surface area contributed by atoms with Crippen molar-refractivity contribution in [3.63, 3.8) is 0 Å². The van der Waals surface area contributed by atoms with E-state index >= 15 is 0 Å². The van der Waals surface area contributed by atoms with Crippen LogP contribution in [-0.2, 0) is 6.54 Å². The summed E-state index contributed by atoms with van der Waals surface area (Å²) in [5, 5.41) is 12.0. The molecule has 2 aromatic carbocycles. The van der Waals surface area contributed by atoms with Crippen LogP contribution >= 0.6 is 11.3 Å². The zero-order valence-corrected chi connectivity index (χ0v) is 16.4. The molecule has 29 heavy (non-hydrogen) atoms. The molecule has 7 nitrogen and oxygen atoms in total. The van der Waals surface area contributed by atoms with Gasteiger partial charge in [0.25, 0.3) is 11.8 Å². The summed E-state index contributed by atoms with van der Waals surface area (Å²) in [6, 6.07) is 18.2. The summed E-state index contributed by atoms with van der Waals surface area (Å²) in [5.41, 5.74) is 2.12. The van der Waals surface area contributed by atoms with Gasteiger partial charge in [-0.2, -0.15) is 4.98 Å². The number of hydrogen-bond acceptors (Lipinski definition) is 7. The molecule has 2 N–H and O–H groups in total. The quantitative estimate of drug-likeness (QED) is 0.464. The first-order valence-corrected chi connectivity index (χ1v) is 9.75. The lowest BCUT2D eigenvalue weighted by Crippen LogP contribution is -2.11. The van der Waals surface area contributed by atoms with Crippen LogP contribution in [0.3, 0.4) is 0 Å². The van der Waals surface area contributed by atoms with Crippen LogP contribution in [0.5, 0.6) is 5.75 Å². The van der Waals surface area contributed by atoms with Crippen molar-refractivity contribution in [3.05, 3.63) is 77.4 Å². The summed E-state index contributed by atoms with van der Waals surface area (Å²) in [4.78, 5) is 17.7. The molecule has 2 aromatic heterocycles. The molecule has 0 aliphatic heterocycles. The van der Waals surface area contributed by atoms with Crippen LogP contribution in [0.15, 0.2) is 70.6 Å². The molecular formula is C21H18N4O3S. The first kappa shape index (κ1) is 18.7. The van der Waals surface area contributed by atoms with Gasteiger partial charge < -0.3 is 19.9 Å². The fourth-order valence-electron chi connectivity index (χ4n) is 2.62. The summed E-state index contributed by atoms with van der Waals surface area (Å²) in [6.07, 6.45) is 0. The van der Waals surface area contributed by atoms with E-state index in [1.54, 1.807) is 54.8 Å². The Balaban J connectivity index is 1.33. The summed E-state index contributed by atoms with van der Waals surface area (Å²) in [5.74, 6) is 1.64. The molecule has 0 saturated carbocycles. The Bertz CT molecular complexity index is 1070. The fourth-order valence-corrected chi connectivity index (χ4v) is 3.27. The molecule has 2 heterocycles. The molecular weight excluding hydrogens is 388 g/mol. The van der Waals surface area contributed by atoms with Gasteiger partial charge >= 0.3 is 0 Å². The van der Waals surface area contributed by atoms with E-state index in [-0.39, 0.29) is 5.91 Å². The number of anilines is 2. The zero-order chi connectivity index (χ0) is 20.1. The highest BCUT2D eigenvalue weighted by molar-refractivity contribution is 7.13. The number of nitrogens with one attached hydrogen (secondary N) is 2. The molecule has 4 rings (SSSR count). The van der Waals surface area contributed by atoms with E-state index < -0.39 is 0 Å². The Labute approximate surface area is 171 Å². The predicted molar refractivity (Wildman–Crippen MR) is 112 cm³/mol. The minimum absolute atomic E-state index is 0.180. The van der Waals surface area contributed by atoms with Crippen LogP contribution in [0.4, 0.5) is 11.4 Å². The third kappa shape index (κ3) is 4.61. The normalized spacial score (nSPS) is 10.5. The van der Waals surface area contributed by atoms with E-state index in [0.717, 1.165) is 16.3 Å². The van der Waals surface area contributed by atoms with Crippen LogP contribution < -0.4 is 15.4 Å². The van der Waals surface area contributed by atoms with Crippen molar-refractivity contribution >= 4 is 28.6 Å². The van der Waals surface area contributed by atoms with Crippen LogP contribution in [0, 0.1) is 0 Å². The fraction of sp³-hybridized carbons (Fsp3) is 0.0952. The number of benzene rings is 2. The van der Waals surface area contributed by atoms with Crippen LogP contribution in [0.1, 0.15) is 16.2 Å². The number of nitrogens with zero attached hydrogens (tertiary/aromatic N) is 2. The first-order valence-electron chi connectivity index (χ1n) is 8.87. The molecule has 0 spiro atoms. The van der Waals surface area contributed by atoms with Crippen molar-refractivity contribution in [3.8, 4) is 16.5 Å². The first-order chi connectivity index (χ1) is 14.2. The second kappa shape index (κ2) is 8.57. The highest BCUT2D eigenvalue weighted by Gasteiger charge is 2.10. The van der Waals surface area contributed by atoms with Gasteiger partial charge in [0, 0.05) is 16.9 Å². The molecule has 0 bridgehead atoms. The largest absolute Gasteiger partial charge is 0.497 e. The van der Waals surface area contributed by atoms with E-state index in [9.17, 15) is 4.79 Å². The third-order valence-corrected chi connectivity index (χ3v) is 5.00. The number of thiophene rings is 1. The molecule has 0 saturated heterocycles. The van der Waals surface area contributed by atoms with Crippen molar-refractivity contribution in [2.45, 2.75) is 6.54 Å². The van der Waals surface area contributed by atoms with Crippen molar-refractivity contribution in [2.75, 3.05) is 17.7 Å². The van der Waals surface area contributed by atoms with Gasteiger partial charge in [-0.25, -0.2) is 0 Å². The molecule has 1 amide bonds. The Morgan fingerprint density at radius 1 is 1.07 bits per heavy atom. The van der Waals surface area contributed by atoms with Gasteiger partial charge in [-0.3, -0.25) is 4.79 Å². The average molecular weight is 406 g/mol. The standard InChI is InChI=1S/C21H18N4O3S/c1-27-17-10-8-16(9-11-17)23-20(26)14-4-6-15(7-5-14)22-13-19-24-21(28-25-19)18-3-2-12-29-18/h2-12,22H,13H2,1H3,(H,23,26). The third-order valence-electron chi connectivity index (χ3n) is 4.15. The van der Waals surface area contributed by atoms with Gasteiger partial charge in [-0.05, 0) is 60.0 Å². The number of methoxy groups -OCH3 is 1. The van der Waals surface area contributed by atoms with Gasteiger partial charge in [-0.1, -0.05) is 11.2 Å². The highest BCUT2D eigenvalue weighted by Crippen LogP contribution is 2.22. The van der Waals surface area contributed by atoms with Crippen molar-refractivity contribution < 1.29 is 14.1 Å². The Kier molecular flexibility index (Phi) is 5.53. The molecule has 0 atom stereocenters. The second-order valence-electron chi connectivity index (χ2n) is 6.11. The second-order valence-corrected chi connectivity index (χ2v) is 7.05. The van der Waals surface area contributed by atoms with Crippen LogP contribution in [-0.4, -0.2) is 23.2 Å². The van der Waals surface area contributed by atoms with Gasteiger partial charge in [0.1, 0.15) is 5.75 Å². The van der Waals surface area contributed by atoms with Crippen molar-refractivity contribution in [1.82, 2.24) is 10.1 Å². The summed E-state index contributed by atoms with van der Waals surface area (Å²) in [7, 11) is 1.60. The van der Waals surface area contributed by atoms with E-state index in [1.165, 1.54) is 0 Å². The van der Waals surface area contributed by atoms with Crippen LogP contribution in [0.2, 0.25) is 0 Å². The molecule has 0 unspecified atom stereocenters. The lowest BCUT2D eigenvalue weighted by Gasteiger charge is -2.08. The molecule has 4 aromatic rings. The lowest BCUT2D eigenvalue weighted by molar-refractivity contribution is 0.102. The number of hydrogen-bond donors (Lipinski definition) is 2. The number of ether oxygens (including phenoxy) is 1. The Hall–Kier alpha value is -3.65. The Morgan fingerprint density at radius 2 is 1.83 bits per heavy atom. The minimum Gasteiger partial charge on any atom is -0.497 e. The maximum atomic E-state index is 12.4. The average Bonchev–Trinajstić information content (AvgIpc) is 3.45. The van der Waals surface area contributed by atoms with Crippen LogP contribution in [0.25, 0.3) is 10.8 Å². The Morgan fingerprint density at radius 3 is 2.52 bits per heavy atom. The van der Waals surface area contributed by atoms with Gasteiger partial charge in [0.2, 0.25) is 0 Å². The van der Waals surface area contributed by atoms with Gasteiger partial charge in [0.05, 0.1) is 18.5 Å². The summed E-state index contributed by atoms with van der Waals surface area (Å²) in [6.45, 7) is 0.423. The molecule has 0 radical (unpaired) electrons. The highest BCUT2D eigenvalue weighted by atomic mass is 32.1. The number of rotatable bonds is 7. The van der Waals surface area contributed by atoms with Gasteiger partial charge in [-0.15, -0.1) is 11.3 Å². The summed E-state index contributed by atoms with van der Waals surface area (Å²) < 4.78 is 10.4. The van der Waals surface area contributed by atoms with E-state index in [2.05, 4.69) is 20.8 Å². The van der Waals surface area contributed by atoms with E-state index in [4.69, 9.17) is 9.26 Å². The van der Waals surface area contributed by atoms with Gasteiger partial charge in [0.15, 0.2) is 5.82 Å². The maximum absolute atomic E-state index is 12.4. The number of aromatic nitrogens is 2. The topological polar surface area (TPSA) is 89.3 Å². The van der Waals surface area contributed by atoms with Crippen molar-refractivity contribution in [1.29, 1.82) is 0 Å². The monoisotopic (exact) mass is 406 g/mol. The zero-order valence-electron chi connectivity index (χ0n) is 15.6. The van der Waals surface area contributed by atoms with E-state index in [0.29, 0.717) is 29.5 Å². The number of carbonyl (C=O) groups is 1. The molecule has 0 aliphatic rings. The van der Waals surface area contributed by atoms with E-state index in [1.807, 2.05) is 29.6 Å². The maximum Gasteiger partial charge on any atom is 0.268 e. The van der Waals surface area contributed by atoms with Crippen molar-refractivity contribution in [2.24, 2.45) is 0 Å².